The van der Waals surface area contributed by atoms with E-state index >= 15 is 0 Å². The van der Waals surface area contributed by atoms with Crippen molar-refractivity contribution in [3.05, 3.63) is 42.5 Å². The van der Waals surface area contributed by atoms with Gasteiger partial charge in [0.15, 0.2) is 0 Å². The van der Waals surface area contributed by atoms with Crippen LogP contribution in [0.15, 0.2) is 52.3 Å². The van der Waals surface area contributed by atoms with Crippen molar-refractivity contribution in [1.29, 1.82) is 0 Å². The van der Waals surface area contributed by atoms with Gasteiger partial charge in [0.2, 0.25) is 0 Å². The smallest absolute Gasteiger partial charge is 0.267 e. The second-order valence-corrected chi connectivity index (χ2v) is 7.94. The van der Waals surface area contributed by atoms with E-state index in [2.05, 4.69) is 0 Å². The molecule has 0 radical (unpaired) electrons. The van der Waals surface area contributed by atoms with Crippen LogP contribution in [0, 0.1) is 5.92 Å². The Hall–Kier alpha value is -2.07. The summed E-state index contributed by atoms with van der Waals surface area (Å²) < 4.78 is 28.7. The van der Waals surface area contributed by atoms with E-state index in [1.807, 2.05) is 24.3 Å². The van der Waals surface area contributed by atoms with E-state index in [9.17, 15) is 13.6 Å². The summed E-state index contributed by atoms with van der Waals surface area (Å²) >= 11 is -0.984. The number of hydroxylamine groups is 1. The van der Waals surface area contributed by atoms with Crippen LogP contribution in [0.3, 0.4) is 0 Å². The lowest BCUT2D eigenvalue weighted by atomic mass is 10.0. The van der Waals surface area contributed by atoms with Crippen LogP contribution in [0.4, 0.5) is 5.69 Å². The van der Waals surface area contributed by atoms with Crippen LogP contribution < -0.4 is 14.5 Å². The number of hydrogen-bond donors (Lipinski definition) is 3. The largest absolute Gasteiger partial charge is 0.455 e. The van der Waals surface area contributed by atoms with Crippen LogP contribution in [0.2, 0.25) is 0 Å². The summed E-state index contributed by atoms with van der Waals surface area (Å²) in [5.74, 6) is 0.308. The Morgan fingerprint density at radius 1 is 1.19 bits per heavy atom. The number of hydrogen-bond acceptors (Lipinski definition) is 5. The molecule has 0 saturated heterocycles. The lowest BCUT2D eigenvalue weighted by Crippen LogP contribution is -2.50. The van der Waals surface area contributed by atoms with Crippen LogP contribution in [0.5, 0.6) is 11.5 Å². The zero-order valence-electron chi connectivity index (χ0n) is 14.1. The fraction of sp³-hybridized carbons (Fsp3) is 0.235. The number of rotatable bonds is 5. The van der Waals surface area contributed by atoms with Gasteiger partial charge in [-0.15, -0.1) is 0 Å². The molecule has 3 N–H and O–H groups in total. The number of benzene rings is 2. The number of ether oxygens (including phenoxy) is 1. The molecule has 3 rings (SSSR count). The number of anilines is 1. The molecule has 0 bridgehead atoms. The van der Waals surface area contributed by atoms with Crippen molar-refractivity contribution in [2.24, 2.45) is 5.92 Å². The van der Waals surface area contributed by atoms with Crippen molar-refractivity contribution in [1.82, 2.24) is 5.48 Å². The van der Waals surface area contributed by atoms with Gasteiger partial charge in [-0.1, -0.05) is 37.7 Å². The molecule has 0 aromatic heterocycles. The van der Waals surface area contributed by atoms with E-state index in [-0.39, 0.29) is 5.92 Å². The number of nitrogens with zero attached hydrogens (tertiary/aromatic N) is 1. The summed E-state index contributed by atoms with van der Waals surface area (Å²) in [5.41, 5.74) is 1.95. The Bertz CT molecular complexity index is 859. The van der Waals surface area contributed by atoms with Gasteiger partial charge in [-0.3, -0.25) is 18.9 Å². The summed E-state index contributed by atoms with van der Waals surface area (Å²) in [6.07, 6.45) is 0. The third-order valence-corrected chi connectivity index (χ3v) is 5.77. The summed E-state index contributed by atoms with van der Waals surface area (Å²) in [5, 5.41) is 9.00. The first-order valence-electron chi connectivity index (χ1n) is 7.85. The van der Waals surface area contributed by atoms with Gasteiger partial charge in [0.25, 0.3) is 17.2 Å². The molecule has 2 aromatic carbocycles. The second kappa shape index (κ2) is 7.67. The summed E-state index contributed by atoms with van der Waals surface area (Å²) in [6.45, 7) is 3.46. The van der Waals surface area contributed by atoms with E-state index in [0.717, 1.165) is 19.8 Å². The van der Waals surface area contributed by atoms with Gasteiger partial charge in [-0.2, -0.15) is 0 Å². The Balaban J connectivity index is 2.00. The first-order valence-corrected chi connectivity index (χ1v) is 9.73. The maximum absolute atomic E-state index is 12.0. The van der Waals surface area contributed by atoms with Gasteiger partial charge >= 0.3 is 0 Å². The van der Waals surface area contributed by atoms with Crippen molar-refractivity contribution in [2.45, 2.75) is 29.7 Å². The van der Waals surface area contributed by atoms with Crippen LogP contribution in [0.1, 0.15) is 13.8 Å². The number of amides is 1. The quantitative estimate of drug-likeness (QED) is 0.348. The average molecular weight is 394 g/mol. The Morgan fingerprint density at radius 2 is 1.88 bits per heavy atom. The molecule has 138 valence electrons. The third-order valence-electron chi connectivity index (χ3n) is 3.90. The van der Waals surface area contributed by atoms with Gasteiger partial charge in [0.05, 0.1) is 15.5 Å². The first-order chi connectivity index (χ1) is 12.4. The van der Waals surface area contributed by atoms with Gasteiger partial charge in [-0.25, -0.2) is 9.69 Å². The van der Waals surface area contributed by atoms with Gasteiger partial charge in [0, 0.05) is 0 Å². The Kier molecular flexibility index (Phi) is 5.52. The van der Waals surface area contributed by atoms with Crippen molar-refractivity contribution < 1.29 is 23.5 Å². The molecule has 1 aliphatic rings. The predicted molar refractivity (Wildman–Crippen MR) is 98.9 cm³/mol. The molecule has 26 heavy (non-hydrogen) atoms. The lowest BCUT2D eigenvalue weighted by Gasteiger charge is -2.31. The van der Waals surface area contributed by atoms with E-state index in [4.69, 9.17) is 9.94 Å². The topological polar surface area (TPSA) is 99.1 Å². The molecule has 0 fully saturated rings. The minimum atomic E-state index is -2.46. The zero-order chi connectivity index (χ0) is 18.8. The van der Waals surface area contributed by atoms with Crippen molar-refractivity contribution in [3.8, 4) is 11.5 Å². The molecular formula is C17H18N2O5S2. The molecule has 7 nitrogen and oxygen atoms in total. The van der Waals surface area contributed by atoms with Crippen molar-refractivity contribution in [2.75, 3.05) is 4.31 Å². The van der Waals surface area contributed by atoms with Crippen molar-refractivity contribution in [3.63, 3.8) is 0 Å². The molecule has 1 amide bonds. The maximum atomic E-state index is 12.0. The fourth-order valence-electron chi connectivity index (χ4n) is 2.75. The standard InChI is InChI=1S/C17H18N2O5S2/c1-10(2)16(17(20)18-21)19(26(22)23)11-7-8-13-15(9-11)25-14-6-4-3-5-12(14)24-13/h3-10,16,21H,1-2H3,(H,18,20)(H,22,23). The van der Waals surface area contributed by atoms with E-state index in [1.165, 1.54) is 11.8 Å². The molecule has 0 saturated carbocycles. The van der Waals surface area contributed by atoms with Crippen LogP contribution in [-0.4, -0.2) is 25.9 Å². The van der Waals surface area contributed by atoms with Crippen molar-refractivity contribution >= 4 is 34.6 Å². The van der Waals surface area contributed by atoms with Gasteiger partial charge < -0.3 is 4.74 Å². The lowest BCUT2D eigenvalue weighted by molar-refractivity contribution is -0.131. The molecule has 9 heteroatoms. The van der Waals surface area contributed by atoms with E-state index in [0.29, 0.717) is 11.4 Å². The summed E-state index contributed by atoms with van der Waals surface area (Å²) in [6, 6.07) is 11.6. The zero-order valence-corrected chi connectivity index (χ0v) is 15.7. The first kappa shape index (κ1) is 18.7. The van der Waals surface area contributed by atoms with Gasteiger partial charge in [-0.05, 0) is 36.2 Å². The minimum Gasteiger partial charge on any atom is -0.455 e. The molecule has 0 aliphatic carbocycles. The normalized spacial score (nSPS) is 14.7. The predicted octanol–water partition coefficient (Wildman–Crippen LogP) is 3.42. The highest BCUT2D eigenvalue weighted by molar-refractivity contribution is 7.99. The minimum absolute atomic E-state index is 0.320. The number of fused-ring (bicyclic) bond motifs is 2. The highest BCUT2D eigenvalue weighted by Crippen LogP contribution is 2.48. The number of para-hydroxylation sites is 1. The van der Waals surface area contributed by atoms with Crippen LogP contribution in [0.25, 0.3) is 0 Å². The maximum Gasteiger partial charge on any atom is 0.267 e. The third kappa shape index (κ3) is 3.56. The van der Waals surface area contributed by atoms with Gasteiger partial charge in [0.1, 0.15) is 17.5 Å². The monoisotopic (exact) mass is 394 g/mol. The highest BCUT2D eigenvalue weighted by atomic mass is 32.2. The molecule has 0 spiro atoms. The summed E-state index contributed by atoms with van der Waals surface area (Å²) in [4.78, 5) is 13.7. The molecule has 2 unspecified atom stereocenters. The number of nitrogens with one attached hydrogen (secondary N) is 1. The van der Waals surface area contributed by atoms with Crippen LogP contribution in [-0.2, 0) is 16.1 Å². The molecule has 2 atom stereocenters. The second-order valence-electron chi connectivity index (χ2n) is 6.00. The molecular weight excluding hydrogens is 376 g/mol. The summed E-state index contributed by atoms with van der Waals surface area (Å²) in [7, 11) is 0. The highest BCUT2D eigenvalue weighted by Gasteiger charge is 2.33. The Labute approximate surface area is 157 Å². The SMILES string of the molecule is CC(C)C(C(=O)NO)N(c1ccc2c(c1)Sc1ccccc1O2)S(=O)O. The fourth-order valence-corrected chi connectivity index (χ4v) is 4.56. The Morgan fingerprint density at radius 3 is 2.54 bits per heavy atom. The number of carbonyl (C=O) groups is 1. The van der Waals surface area contributed by atoms with E-state index < -0.39 is 23.2 Å². The van der Waals surface area contributed by atoms with E-state index in [1.54, 1.807) is 37.5 Å². The average Bonchev–Trinajstić information content (AvgIpc) is 2.62. The molecule has 2 aromatic rings. The molecule has 1 aliphatic heterocycles. The number of carbonyl (C=O) groups excluding carboxylic acids is 1. The van der Waals surface area contributed by atoms with Crippen LogP contribution >= 0.6 is 11.8 Å². The molecule has 1 heterocycles.